The van der Waals surface area contributed by atoms with E-state index < -0.39 is 26.6 Å². The predicted octanol–water partition coefficient (Wildman–Crippen LogP) is 3.25. The van der Waals surface area contributed by atoms with E-state index in [2.05, 4.69) is 15.2 Å². The fourth-order valence-electron chi connectivity index (χ4n) is 3.96. The number of carbonyl (C=O) groups excluding carboxylic acids is 1. The van der Waals surface area contributed by atoms with Gasteiger partial charge in [0.1, 0.15) is 10.7 Å². The molecule has 7 nitrogen and oxygen atoms in total. The first-order chi connectivity index (χ1) is 14.5. The smallest absolute Gasteiger partial charge is 0.255 e. The van der Waals surface area contributed by atoms with Crippen molar-refractivity contribution in [1.29, 1.82) is 0 Å². The third-order valence-corrected chi connectivity index (χ3v) is 7.48. The predicted molar refractivity (Wildman–Crippen MR) is 113 cm³/mol. The van der Waals surface area contributed by atoms with Crippen molar-refractivity contribution in [3.63, 3.8) is 0 Å². The van der Waals surface area contributed by atoms with Gasteiger partial charge in [0.2, 0.25) is 10.0 Å². The largest absolute Gasteiger partial charge is 0.355 e. The Morgan fingerprint density at radius 1 is 1.00 bits per heavy atom. The molecule has 4 rings (SSSR count). The second-order valence-corrected chi connectivity index (χ2v) is 9.54. The fraction of sp³-hybridized carbons (Fsp3) is 0.429. The lowest BCUT2D eigenvalue weighted by Gasteiger charge is -2.29. The van der Waals surface area contributed by atoms with Gasteiger partial charge < -0.3 is 10.2 Å². The van der Waals surface area contributed by atoms with Gasteiger partial charge in [0.05, 0.1) is 5.69 Å². The van der Waals surface area contributed by atoms with Crippen LogP contribution in [-0.4, -0.2) is 49.8 Å². The lowest BCUT2D eigenvalue weighted by Crippen LogP contribution is -2.31. The Kier molecular flexibility index (Phi) is 6.01. The van der Waals surface area contributed by atoms with Crippen molar-refractivity contribution < 1.29 is 17.6 Å². The quantitative estimate of drug-likeness (QED) is 0.784. The number of halogens is 1. The maximum atomic E-state index is 14.4. The second-order valence-electron chi connectivity index (χ2n) is 7.63. The number of benzene rings is 1. The zero-order valence-electron chi connectivity index (χ0n) is 16.7. The number of nitrogens with zero attached hydrogens (tertiary/aromatic N) is 3. The van der Waals surface area contributed by atoms with Crippen LogP contribution in [0.3, 0.4) is 0 Å². The highest BCUT2D eigenvalue weighted by Crippen LogP contribution is 2.28. The van der Waals surface area contributed by atoms with E-state index in [0.29, 0.717) is 24.6 Å². The van der Waals surface area contributed by atoms with Gasteiger partial charge in [-0.1, -0.05) is 0 Å². The molecule has 0 radical (unpaired) electrons. The van der Waals surface area contributed by atoms with E-state index in [0.717, 1.165) is 50.9 Å². The van der Waals surface area contributed by atoms with Gasteiger partial charge in [0.15, 0.2) is 5.82 Å². The summed E-state index contributed by atoms with van der Waals surface area (Å²) in [4.78, 5) is 19.0. The van der Waals surface area contributed by atoms with Crippen LogP contribution in [0, 0.1) is 5.82 Å². The molecule has 2 aliphatic rings. The maximum absolute atomic E-state index is 14.4. The summed E-state index contributed by atoms with van der Waals surface area (Å²) >= 11 is 0. The second kappa shape index (κ2) is 8.69. The van der Waals surface area contributed by atoms with E-state index in [9.17, 15) is 17.6 Å². The van der Waals surface area contributed by atoms with E-state index in [1.165, 1.54) is 16.8 Å². The van der Waals surface area contributed by atoms with Crippen LogP contribution < -0.4 is 10.2 Å². The van der Waals surface area contributed by atoms with Crippen LogP contribution in [0.25, 0.3) is 0 Å². The van der Waals surface area contributed by atoms with Crippen LogP contribution in [0.15, 0.2) is 41.4 Å². The Bertz CT molecular complexity index is 1030. The van der Waals surface area contributed by atoms with Crippen LogP contribution >= 0.6 is 0 Å². The zero-order chi connectivity index (χ0) is 21.1. The summed E-state index contributed by atoms with van der Waals surface area (Å²) in [6, 6.07) is 6.95. The number of sulfonamides is 1. The molecule has 1 amide bonds. The highest BCUT2D eigenvalue weighted by atomic mass is 32.2. The van der Waals surface area contributed by atoms with Crippen LogP contribution in [-0.2, 0) is 10.0 Å². The first-order valence-corrected chi connectivity index (χ1v) is 11.7. The summed E-state index contributed by atoms with van der Waals surface area (Å²) in [6.07, 6.45) is 6.50. The van der Waals surface area contributed by atoms with E-state index in [1.54, 1.807) is 18.3 Å². The molecule has 3 heterocycles. The average molecular weight is 433 g/mol. The van der Waals surface area contributed by atoms with Crippen molar-refractivity contribution in [1.82, 2.24) is 9.29 Å². The summed E-state index contributed by atoms with van der Waals surface area (Å²) in [5, 5.41) is 2.82. The van der Waals surface area contributed by atoms with Crippen LogP contribution in [0.5, 0.6) is 0 Å². The van der Waals surface area contributed by atoms with Gasteiger partial charge in [0, 0.05) is 37.9 Å². The molecule has 2 aromatic rings. The molecule has 0 atom stereocenters. The van der Waals surface area contributed by atoms with Crippen molar-refractivity contribution in [2.75, 3.05) is 36.4 Å². The molecule has 2 saturated heterocycles. The minimum Gasteiger partial charge on any atom is -0.355 e. The molecule has 160 valence electrons. The van der Waals surface area contributed by atoms with E-state index >= 15 is 0 Å². The molecule has 1 aromatic heterocycles. The average Bonchev–Trinajstić information content (AvgIpc) is 3.31. The molecule has 0 spiro atoms. The number of anilines is 2. The SMILES string of the molecule is O=C(Nc1cccnc1N1CCCCC1)c1ccc(F)c(S(=O)(=O)N2CCCC2)c1. The molecule has 2 fully saturated rings. The zero-order valence-corrected chi connectivity index (χ0v) is 17.5. The Hall–Kier alpha value is -2.52. The minimum atomic E-state index is -3.97. The highest BCUT2D eigenvalue weighted by Gasteiger charge is 2.30. The van der Waals surface area contributed by atoms with Crippen molar-refractivity contribution in [2.24, 2.45) is 0 Å². The van der Waals surface area contributed by atoms with Gasteiger partial charge in [0.25, 0.3) is 5.91 Å². The van der Waals surface area contributed by atoms with Crippen LogP contribution in [0.4, 0.5) is 15.9 Å². The number of carbonyl (C=O) groups is 1. The number of rotatable bonds is 5. The molecular weight excluding hydrogens is 407 g/mol. The van der Waals surface area contributed by atoms with Crippen molar-refractivity contribution in [2.45, 2.75) is 37.0 Å². The van der Waals surface area contributed by atoms with Gasteiger partial charge in [-0.15, -0.1) is 0 Å². The minimum absolute atomic E-state index is 0.0858. The lowest BCUT2D eigenvalue weighted by molar-refractivity contribution is 0.102. The summed E-state index contributed by atoms with van der Waals surface area (Å²) in [5.74, 6) is -0.662. The molecular formula is C21H25FN4O3S. The van der Waals surface area contributed by atoms with E-state index in [1.807, 2.05) is 0 Å². The molecule has 9 heteroatoms. The Morgan fingerprint density at radius 2 is 1.70 bits per heavy atom. The molecule has 2 aliphatic heterocycles. The van der Waals surface area contributed by atoms with Gasteiger partial charge in [-0.2, -0.15) is 4.31 Å². The standard InChI is InChI=1S/C21H25FN4O3S/c22-17-9-8-16(15-19(17)30(28,29)26-13-4-5-14-26)21(27)24-18-7-6-10-23-20(18)25-11-2-1-3-12-25/h6-10,15H,1-5,11-14H2,(H,24,27). The highest BCUT2D eigenvalue weighted by molar-refractivity contribution is 7.89. The number of aromatic nitrogens is 1. The van der Waals surface area contributed by atoms with Crippen LogP contribution in [0.2, 0.25) is 0 Å². The molecule has 1 aromatic carbocycles. The normalized spacial score (nSPS) is 17.8. The molecule has 30 heavy (non-hydrogen) atoms. The summed E-state index contributed by atoms with van der Waals surface area (Å²) in [7, 11) is -3.97. The molecule has 1 N–H and O–H groups in total. The number of amides is 1. The number of hydrogen-bond donors (Lipinski definition) is 1. The van der Waals surface area contributed by atoms with E-state index in [4.69, 9.17) is 0 Å². The van der Waals surface area contributed by atoms with Crippen LogP contribution in [0.1, 0.15) is 42.5 Å². The summed E-state index contributed by atoms with van der Waals surface area (Å²) in [6.45, 7) is 2.48. The molecule has 0 saturated carbocycles. The third-order valence-electron chi connectivity index (χ3n) is 5.57. The van der Waals surface area contributed by atoms with Gasteiger partial charge in [-0.05, 0) is 62.4 Å². The third kappa shape index (κ3) is 4.17. The first-order valence-electron chi connectivity index (χ1n) is 10.3. The van der Waals surface area contributed by atoms with Gasteiger partial charge in [-0.25, -0.2) is 17.8 Å². The van der Waals surface area contributed by atoms with Crippen molar-refractivity contribution in [3.05, 3.63) is 47.9 Å². The number of nitrogens with one attached hydrogen (secondary N) is 1. The van der Waals surface area contributed by atoms with Crippen molar-refractivity contribution >= 4 is 27.4 Å². The first kappa shape index (κ1) is 20.7. The van der Waals surface area contributed by atoms with Gasteiger partial charge in [-0.3, -0.25) is 4.79 Å². The molecule has 0 unspecified atom stereocenters. The Balaban J connectivity index is 1.59. The van der Waals surface area contributed by atoms with Gasteiger partial charge >= 0.3 is 0 Å². The summed E-state index contributed by atoms with van der Waals surface area (Å²) < 4.78 is 41.2. The maximum Gasteiger partial charge on any atom is 0.255 e. The topological polar surface area (TPSA) is 82.6 Å². The molecule has 0 aliphatic carbocycles. The van der Waals surface area contributed by atoms with Crippen molar-refractivity contribution in [3.8, 4) is 0 Å². The van der Waals surface area contributed by atoms with E-state index in [-0.39, 0.29) is 5.56 Å². The molecule has 0 bridgehead atoms. The Labute approximate surface area is 176 Å². The number of pyridine rings is 1. The number of hydrogen-bond acceptors (Lipinski definition) is 5. The number of piperidine rings is 1. The monoisotopic (exact) mass is 432 g/mol. The Morgan fingerprint density at radius 3 is 2.43 bits per heavy atom. The lowest BCUT2D eigenvalue weighted by atomic mass is 10.1. The fourth-order valence-corrected chi connectivity index (χ4v) is 5.56. The summed E-state index contributed by atoms with van der Waals surface area (Å²) in [5.41, 5.74) is 0.639.